The molecule has 0 radical (unpaired) electrons. The second kappa shape index (κ2) is 6.29. The maximum absolute atomic E-state index is 11.9. The van der Waals surface area contributed by atoms with Crippen LogP contribution in [0.1, 0.15) is 21.5 Å². The van der Waals surface area contributed by atoms with E-state index in [9.17, 15) is 4.79 Å². The van der Waals surface area contributed by atoms with Crippen molar-refractivity contribution in [1.29, 1.82) is 0 Å². The number of halogens is 1. The molecule has 0 atom stereocenters. The van der Waals surface area contributed by atoms with Crippen molar-refractivity contribution in [3.05, 3.63) is 69.7 Å². The van der Waals surface area contributed by atoms with Gasteiger partial charge < -0.3 is 0 Å². The van der Waals surface area contributed by atoms with Crippen molar-refractivity contribution in [2.24, 2.45) is 5.10 Å². The largest absolute Gasteiger partial charge is 0.272 e. The van der Waals surface area contributed by atoms with E-state index in [1.807, 2.05) is 49.4 Å². The van der Waals surface area contributed by atoms with E-state index in [-0.39, 0.29) is 5.91 Å². The van der Waals surface area contributed by atoms with Crippen molar-refractivity contribution in [2.75, 3.05) is 0 Å². The quantitative estimate of drug-likeness (QED) is 0.683. The lowest BCUT2D eigenvalue weighted by atomic mass is 10.2. The third kappa shape index (κ3) is 3.76. The fraction of sp³-hybridized carbons (Fsp3) is 0.0667. The lowest BCUT2D eigenvalue weighted by Gasteiger charge is -2.02. The number of benzene rings is 2. The van der Waals surface area contributed by atoms with Crippen LogP contribution in [0, 0.1) is 6.92 Å². The molecule has 0 unspecified atom stereocenters. The average Bonchev–Trinajstić information content (AvgIpc) is 2.39. The Balaban J connectivity index is 2.03. The van der Waals surface area contributed by atoms with E-state index >= 15 is 0 Å². The van der Waals surface area contributed by atoms with Crippen molar-refractivity contribution in [2.45, 2.75) is 6.92 Å². The second-order valence-electron chi connectivity index (χ2n) is 4.09. The van der Waals surface area contributed by atoms with Crippen LogP contribution in [0.4, 0.5) is 0 Å². The highest BCUT2D eigenvalue weighted by molar-refractivity contribution is 9.10. The van der Waals surface area contributed by atoms with E-state index in [1.165, 1.54) is 0 Å². The van der Waals surface area contributed by atoms with Gasteiger partial charge in [-0.2, -0.15) is 5.10 Å². The standard InChI is InChI=1S/C15H13BrN2O/c1-11-5-4-6-12(9-11)10-17-18-15(19)13-7-2-3-8-14(13)16/h2-10H,1H3,(H,18,19)/b17-10-. The van der Waals surface area contributed by atoms with Gasteiger partial charge in [0.15, 0.2) is 0 Å². The maximum Gasteiger partial charge on any atom is 0.272 e. The van der Waals surface area contributed by atoms with Crippen LogP contribution in [0.3, 0.4) is 0 Å². The van der Waals surface area contributed by atoms with Crippen LogP contribution in [-0.4, -0.2) is 12.1 Å². The molecular weight excluding hydrogens is 304 g/mol. The van der Waals surface area contributed by atoms with Crippen LogP contribution in [-0.2, 0) is 0 Å². The third-order valence-corrected chi connectivity index (χ3v) is 3.23. The van der Waals surface area contributed by atoms with Crippen molar-refractivity contribution < 1.29 is 4.79 Å². The summed E-state index contributed by atoms with van der Waals surface area (Å²) in [6.45, 7) is 2.01. The van der Waals surface area contributed by atoms with Crippen LogP contribution in [0.25, 0.3) is 0 Å². The lowest BCUT2D eigenvalue weighted by Crippen LogP contribution is -2.18. The predicted molar refractivity (Wildman–Crippen MR) is 80.4 cm³/mol. The molecule has 0 fully saturated rings. The Morgan fingerprint density at radius 2 is 2.00 bits per heavy atom. The summed E-state index contributed by atoms with van der Waals surface area (Å²) in [5, 5.41) is 3.95. The molecule has 0 heterocycles. The van der Waals surface area contributed by atoms with E-state index in [0.717, 1.165) is 15.6 Å². The molecule has 1 amide bonds. The molecule has 3 nitrogen and oxygen atoms in total. The van der Waals surface area contributed by atoms with Crippen LogP contribution in [0.2, 0.25) is 0 Å². The highest BCUT2D eigenvalue weighted by Crippen LogP contribution is 2.15. The molecule has 1 N–H and O–H groups in total. The number of aryl methyl sites for hydroxylation is 1. The zero-order chi connectivity index (χ0) is 13.7. The topological polar surface area (TPSA) is 41.5 Å². The zero-order valence-corrected chi connectivity index (χ0v) is 12.0. The van der Waals surface area contributed by atoms with Crippen LogP contribution < -0.4 is 5.43 Å². The maximum atomic E-state index is 11.9. The number of hydrazone groups is 1. The van der Waals surface area contributed by atoms with Gasteiger partial charge in [0.2, 0.25) is 0 Å². The van der Waals surface area contributed by atoms with Gasteiger partial charge in [-0.1, -0.05) is 42.0 Å². The fourth-order valence-corrected chi connectivity index (χ4v) is 2.09. The number of nitrogens with one attached hydrogen (secondary N) is 1. The summed E-state index contributed by atoms with van der Waals surface area (Å²) in [6, 6.07) is 15.1. The highest BCUT2D eigenvalue weighted by Gasteiger charge is 2.07. The van der Waals surface area contributed by atoms with Crippen molar-refractivity contribution in [3.63, 3.8) is 0 Å². The monoisotopic (exact) mass is 316 g/mol. The van der Waals surface area contributed by atoms with Crippen LogP contribution in [0.5, 0.6) is 0 Å². The number of carbonyl (C=O) groups excluding carboxylic acids is 1. The van der Waals surface area contributed by atoms with Crippen LogP contribution >= 0.6 is 15.9 Å². The number of hydrogen-bond acceptors (Lipinski definition) is 2. The molecular formula is C15H13BrN2O. The first kappa shape index (κ1) is 13.5. The predicted octanol–water partition coefficient (Wildman–Crippen LogP) is 3.52. The summed E-state index contributed by atoms with van der Waals surface area (Å²) in [6.07, 6.45) is 1.63. The van der Waals surface area contributed by atoms with E-state index < -0.39 is 0 Å². The molecule has 0 aliphatic rings. The minimum Gasteiger partial charge on any atom is -0.267 e. The van der Waals surface area contributed by atoms with Gasteiger partial charge in [-0.05, 0) is 40.5 Å². The summed E-state index contributed by atoms with van der Waals surface area (Å²) in [5.74, 6) is -0.239. The molecule has 0 aliphatic carbocycles. The molecule has 2 aromatic carbocycles. The molecule has 0 aliphatic heterocycles. The molecule has 2 rings (SSSR count). The third-order valence-electron chi connectivity index (χ3n) is 2.54. The number of amides is 1. The molecule has 0 bridgehead atoms. The van der Waals surface area contributed by atoms with Crippen molar-refractivity contribution in [3.8, 4) is 0 Å². The normalized spacial score (nSPS) is 10.6. The molecule has 4 heteroatoms. The van der Waals surface area contributed by atoms with Gasteiger partial charge >= 0.3 is 0 Å². The molecule has 96 valence electrons. The number of hydrogen-bond donors (Lipinski definition) is 1. The van der Waals surface area contributed by atoms with Crippen LogP contribution in [0.15, 0.2) is 58.1 Å². The SMILES string of the molecule is Cc1cccc(/C=N\NC(=O)c2ccccc2Br)c1. The highest BCUT2D eigenvalue weighted by atomic mass is 79.9. The Labute approximate surface area is 120 Å². The Bertz CT molecular complexity index is 623. The van der Waals surface area contributed by atoms with Gasteiger partial charge in [-0.25, -0.2) is 5.43 Å². The molecule has 2 aromatic rings. The average molecular weight is 317 g/mol. The minimum atomic E-state index is -0.239. The van der Waals surface area contributed by atoms with Gasteiger partial charge in [0.05, 0.1) is 11.8 Å². The first-order chi connectivity index (χ1) is 9.16. The van der Waals surface area contributed by atoms with Gasteiger partial charge in [-0.3, -0.25) is 4.79 Å². The summed E-state index contributed by atoms with van der Waals surface area (Å²) >= 11 is 3.33. The fourth-order valence-electron chi connectivity index (χ4n) is 1.62. The van der Waals surface area contributed by atoms with Crippen molar-refractivity contribution in [1.82, 2.24) is 5.43 Å². The van der Waals surface area contributed by atoms with Crippen molar-refractivity contribution >= 4 is 28.1 Å². The molecule has 19 heavy (non-hydrogen) atoms. The molecule has 0 saturated heterocycles. The van der Waals surface area contributed by atoms with Gasteiger partial charge in [0, 0.05) is 4.47 Å². The zero-order valence-electron chi connectivity index (χ0n) is 10.4. The summed E-state index contributed by atoms with van der Waals surface area (Å²) in [5.41, 5.74) is 5.17. The minimum absolute atomic E-state index is 0.239. The van der Waals surface area contributed by atoms with E-state index in [1.54, 1.807) is 12.3 Å². The lowest BCUT2D eigenvalue weighted by molar-refractivity contribution is 0.0954. The smallest absolute Gasteiger partial charge is 0.267 e. The summed E-state index contributed by atoms with van der Waals surface area (Å²) in [7, 11) is 0. The summed E-state index contributed by atoms with van der Waals surface area (Å²) < 4.78 is 0.748. The molecule has 0 spiro atoms. The van der Waals surface area contributed by atoms with Gasteiger partial charge in [0.1, 0.15) is 0 Å². The second-order valence-corrected chi connectivity index (χ2v) is 4.95. The first-order valence-corrected chi connectivity index (χ1v) is 6.61. The number of nitrogens with zero attached hydrogens (tertiary/aromatic N) is 1. The van der Waals surface area contributed by atoms with E-state index in [2.05, 4.69) is 26.5 Å². The van der Waals surface area contributed by atoms with Gasteiger partial charge in [-0.15, -0.1) is 0 Å². The van der Waals surface area contributed by atoms with E-state index in [4.69, 9.17) is 0 Å². The number of rotatable bonds is 3. The Hall–Kier alpha value is -1.94. The Kier molecular flexibility index (Phi) is 4.47. The number of carbonyl (C=O) groups is 1. The summed E-state index contributed by atoms with van der Waals surface area (Å²) in [4.78, 5) is 11.9. The molecule has 0 saturated carbocycles. The Morgan fingerprint density at radius 3 is 2.74 bits per heavy atom. The Morgan fingerprint density at radius 1 is 1.21 bits per heavy atom. The van der Waals surface area contributed by atoms with Gasteiger partial charge in [0.25, 0.3) is 5.91 Å². The molecule has 0 aromatic heterocycles. The first-order valence-electron chi connectivity index (χ1n) is 5.81. The van der Waals surface area contributed by atoms with E-state index in [0.29, 0.717) is 5.56 Å².